The Hall–Kier alpha value is -2.02. The second kappa shape index (κ2) is 8.73. The number of H-pyrrole nitrogens is 1. The molecule has 0 fully saturated rings. The summed E-state index contributed by atoms with van der Waals surface area (Å²) in [7, 11) is 0. The molecule has 130 valence electrons. The normalized spacial score (nSPS) is 10.8. The third-order valence-electron chi connectivity index (χ3n) is 3.77. The molecular formula is C17H24N4O2S. The number of aromatic nitrogens is 3. The van der Waals surface area contributed by atoms with Gasteiger partial charge >= 0.3 is 5.69 Å². The zero-order valence-corrected chi connectivity index (χ0v) is 15.2. The van der Waals surface area contributed by atoms with Crippen molar-refractivity contribution in [3.8, 4) is 0 Å². The molecule has 7 heteroatoms. The Morgan fingerprint density at radius 3 is 2.50 bits per heavy atom. The summed E-state index contributed by atoms with van der Waals surface area (Å²) in [5.74, 6) is 0.129. The molecule has 0 unspecified atom stereocenters. The highest BCUT2D eigenvalue weighted by atomic mass is 32.2. The number of hydrogen-bond acceptors (Lipinski definition) is 4. The maximum atomic E-state index is 12.3. The number of anilines is 1. The smallest absolute Gasteiger partial charge is 0.325 e. The largest absolute Gasteiger partial charge is 0.343 e. The van der Waals surface area contributed by atoms with Crippen molar-refractivity contribution in [2.24, 2.45) is 0 Å². The van der Waals surface area contributed by atoms with Gasteiger partial charge in [-0.3, -0.25) is 9.36 Å². The maximum Gasteiger partial charge on any atom is 0.343 e. The highest BCUT2D eigenvalue weighted by Crippen LogP contribution is 2.23. The Morgan fingerprint density at radius 2 is 1.92 bits per heavy atom. The second-order valence-corrected chi connectivity index (χ2v) is 6.40. The van der Waals surface area contributed by atoms with Crippen LogP contribution in [-0.4, -0.2) is 26.4 Å². The van der Waals surface area contributed by atoms with Crippen LogP contribution >= 0.6 is 11.8 Å². The summed E-state index contributed by atoms with van der Waals surface area (Å²) in [5.41, 5.74) is 2.95. The van der Waals surface area contributed by atoms with Gasteiger partial charge < -0.3 is 5.32 Å². The number of nitrogens with zero attached hydrogens (tertiary/aromatic N) is 2. The van der Waals surface area contributed by atoms with E-state index in [1.165, 1.54) is 11.8 Å². The fourth-order valence-electron chi connectivity index (χ4n) is 2.54. The molecule has 0 saturated carbocycles. The topological polar surface area (TPSA) is 79.8 Å². The molecular weight excluding hydrogens is 324 g/mol. The molecule has 0 bridgehead atoms. The van der Waals surface area contributed by atoms with Crippen molar-refractivity contribution in [2.75, 3.05) is 11.1 Å². The van der Waals surface area contributed by atoms with Gasteiger partial charge in [-0.1, -0.05) is 50.7 Å². The Balaban J connectivity index is 2.06. The average molecular weight is 348 g/mol. The molecule has 6 nitrogen and oxygen atoms in total. The Kier molecular flexibility index (Phi) is 6.66. The van der Waals surface area contributed by atoms with E-state index in [0.717, 1.165) is 36.1 Å². The maximum absolute atomic E-state index is 12.3. The first-order valence-corrected chi connectivity index (χ1v) is 9.27. The van der Waals surface area contributed by atoms with Gasteiger partial charge in [-0.2, -0.15) is 0 Å². The van der Waals surface area contributed by atoms with Gasteiger partial charge in [0, 0.05) is 12.2 Å². The van der Waals surface area contributed by atoms with Crippen LogP contribution in [0.2, 0.25) is 0 Å². The zero-order chi connectivity index (χ0) is 17.5. The van der Waals surface area contributed by atoms with E-state index >= 15 is 0 Å². The van der Waals surface area contributed by atoms with Crippen LogP contribution in [0.3, 0.4) is 0 Å². The van der Waals surface area contributed by atoms with Gasteiger partial charge in [-0.25, -0.2) is 9.89 Å². The van der Waals surface area contributed by atoms with E-state index in [1.54, 1.807) is 4.57 Å². The molecule has 1 heterocycles. The van der Waals surface area contributed by atoms with Crippen molar-refractivity contribution in [1.29, 1.82) is 0 Å². The molecule has 2 N–H and O–H groups in total. The van der Waals surface area contributed by atoms with E-state index in [1.807, 2.05) is 25.1 Å². The van der Waals surface area contributed by atoms with Crippen molar-refractivity contribution in [3.05, 3.63) is 39.8 Å². The molecule has 0 spiro atoms. The van der Waals surface area contributed by atoms with Gasteiger partial charge in [0.25, 0.3) is 0 Å². The number of amides is 1. The molecule has 0 aliphatic carbocycles. The van der Waals surface area contributed by atoms with E-state index < -0.39 is 0 Å². The SMILES string of the molecule is CCCn1c(SCC(=O)Nc2c(CC)cccc2CC)n[nH]c1=O. The third-order valence-corrected chi connectivity index (χ3v) is 4.74. The molecule has 24 heavy (non-hydrogen) atoms. The van der Waals surface area contributed by atoms with Gasteiger partial charge in [0.15, 0.2) is 5.16 Å². The van der Waals surface area contributed by atoms with E-state index in [-0.39, 0.29) is 17.3 Å². The van der Waals surface area contributed by atoms with Crippen LogP contribution in [0.5, 0.6) is 0 Å². The summed E-state index contributed by atoms with van der Waals surface area (Å²) in [6.45, 7) is 6.74. The van der Waals surface area contributed by atoms with Gasteiger partial charge in [-0.05, 0) is 30.4 Å². The van der Waals surface area contributed by atoms with Crippen LogP contribution in [0, 0.1) is 0 Å². The number of benzene rings is 1. The monoisotopic (exact) mass is 348 g/mol. The minimum atomic E-state index is -0.232. The third kappa shape index (κ3) is 4.29. The summed E-state index contributed by atoms with van der Waals surface area (Å²) in [5, 5.41) is 10.0. The number of carbonyl (C=O) groups is 1. The molecule has 0 aliphatic heterocycles. The van der Waals surface area contributed by atoms with Crippen LogP contribution in [0.15, 0.2) is 28.2 Å². The predicted molar refractivity (Wildman–Crippen MR) is 97.7 cm³/mol. The summed E-state index contributed by atoms with van der Waals surface area (Å²) in [4.78, 5) is 24.0. The highest BCUT2D eigenvalue weighted by Gasteiger charge is 2.13. The fraction of sp³-hybridized carbons (Fsp3) is 0.471. The number of para-hydroxylation sites is 1. The first-order chi connectivity index (χ1) is 11.6. The van der Waals surface area contributed by atoms with Crippen LogP contribution in [0.25, 0.3) is 0 Å². The summed E-state index contributed by atoms with van der Waals surface area (Å²) in [6, 6.07) is 6.10. The van der Waals surface area contributed by atoms with Crippen molar-refractivity contribution in [1.82, 2.24) is 14.8 Å². The first kappa shape index (κ1) is 18.3. The Labute approximate surface area is 146 Å². The fourth-order valence-corrected chi connectivity index (χ4v) is 3.32. The minimum absolute atomic E-state index is 0.0888. The lowest BCUT2D eigenvalue weighted by Crippen LogP contribution is -2.19. The second-order valence-electron chi connectivity index (χ2n) is 5.46. The Morgan fingerprint density at radius 1 is 1.25 bits per heavy atom. The number of aromatic amines is 1. The summed E-state index contributed by atoms with van der Waals surface area (Å²) in [6.07, 6.45) is 2.57. The quantitative estimate of drug-likeness (QED) is 0.719. The molecule has 1 amide bonds. The van der Waals surface area contributed by atoms with Gasteiger partial charge in [-0.15, -0.1) is 5.10 Å². The molecule has 1 aromatic heterocycles. The standard InChI is InChI=1S/C17H24N4O2S/c1-4-10-21-16(23)19-20-17(21)24-11-14(22)18-15-12(5-2)8-7-9-13(15)6-3/h7-9H,4-6,10-11H2,1-3H3,(H,18,22)(H,19,23). The number of hydrogen-bond donors (Lipinski definition) is 2. The molecule has 0 radical (unpaired) electrons. The van der Waals surface area contributed by atoms with Crippen molar-refractivity contribution in [3.63, 3.8) is 0 Å². The summed E-state index contributed by atoms with van der Waals surface area (Å²) < 4.78 is 1.56. The number of aryl methyl sites for hydroxylation is 2. The van der Waals surface area contributed by atoms with Crippen LogP contribution in [0.1, 0.15) is 38.3 Å². The lowest BCUT2D eigenvalue weighted by Gasteiger charge is -2.14. The molecule has 2 aromatic rings. The molecule has 2 rings (SSSR count). The number of carbonyl (C=O) groups excluding carboxylic acids is 1. The Bertz CT molecular complexity index is 729. The number of nitrogens with one attached hydrogen (secondary N) is 2. The van der Waals surface area contributed by atoms with Crippen molar-refractivity contribution < 1.29 is 4.79 Å². The van der Waals surface area contributed by atoms with Gasteiger partial charge in [0.1, 0.15) is 0 Å². The molecule has 0 saturated heterocycles. The van der Waals surface area contributed by atoms with E-state index in [9.17, 15) is 9.59 Å². The number of rotatable bonds is 8. The molecule has 0 atom stereocenters. The minimum Gasteiger partial charge on any atom is -0.325 e. The van der Waals surface area contributed by atoms with E-state index in [2.05, 4.69) is 29.4 Å². The highest BCUT2D eigenvalue weighted by molar-refractivity contribution is 7.99. The zero-order valence-electron chi connectivity index (χ0n) is 14.4. The van der Waals surface area contributed by atoms with E-state index in [4.69, 9.17) is 0 Å². The molecule has 0 aliphatic rings. The van der Waals surface area contributed by atoms with Gasteiger partial charge in [0.05, 0.1) is 5.75 Å². The van der Waals surface area contributed by atoms with Crippen LogP contribution < -0.4 is 11.0 Å². The van der Waals surface area contributed by atoms with Gasteiger partial charge in [0.2, 0.25) is 5.91 Å². The first-order valence-electron chi connectivity index (χ1n) is 8.29. The lowest BCUT2D eigenvalue weighted by atomic mass is 10.0. The van der Waals surface area contributed by atoms with Crippen LogP contribution in [0.4, 0.5) is 5.69 Å². The number of thioether (sulfide) groups is 1. The molecule has 1 aromatic carbocycles. The average Bonchev–Trinajstić information content (AvgIpc) is 2.94. The van der Waals surface area contributed by atoms with Crippen molar-refractivity contribution in [2.45, 2.75) is 51.7 Å². The predicted octanol–water partition coefficient (Wildman–Crippen LogP) is 2.84. The van der Waals surface area contributed by atoms with Crippen molar-refractivity contribution >= 4 is 23.4 Å². The summed E-state index contributed by atoms with van der Waals surface area (Å²) >= 11 is 1.27. The van der Waals surface area contributed by atoms with Crippen LogP contribution in [-0.2, 0) is 24.2 Å². The lowest BCUT2D eigenvalue weighted by molar-refractivity contribution is -0.113. The van der Waals surface area contributed by atoms with E-state index in [0.29, 0.717) is 11.7 Å².